The largest absolute Gasteiger partial charge is 0.344 e. The van der Waals surface area contributed by atoms with Crippen LogP contribution in [-0.2, 0) is 35.0 Å². The van der Waals surface area contributed by atoms with Crippen molar-refractivity contribution in [2.75, 3.05) is 39.3 Å². The molecule has 0 aliphatic heterocycles. The first-order chi connectivity index (χ1) is 12.1. The molecule has 0 fully saturated rings. The van der Waals surface area contributed by atoms with Gasteiger partial charge in [-0.05, 0) is 19.4 Å². The van der Waals surface area contributed by atoms with Crippen LogP contribution in [0, 0.1) is 0 Å². The van der Waals surface area contributed by atoms with Gasteiger partial charge in [0.15, 0.2) is 0 Å². The van der Waals surface area contributed by atoms with Crippen LogP contribution in [0.3, 0.4) is 0 Å². The standard InChI is InChI=1S/C16H27N2O6PS/c1-5-23-25(20,24-6-2)14-18(12-15-10-8-7-9-11-15)13-16(19)17(3)26(4,21)22/h7-11H,5-6,12-14H2,1-4H3. The predicted octanol–water partition coefficient (Wildman–Crippen LogP) is 2.13. The first kappa shape index (κ1) is 22.8. The lowest BCUT2D eigenvalue weighted by Crippen LogP contribution is -2.41. The Balaban J connectivity index is 3.01. The van der Waals surface area contributed by atoms with Crippen molar-refractivity contribution in [2.24, 2.45) is 0 Å². The van der Waals surface area contributed by atoms with Gasteiger partial charge in [-0.2, -0.15) is 0 Å². The minimum Gasteiger partial charge on any atom is -0.308 e. The Hall–Kier alpha value is -1.25. The molecule has 8 nitrogen and oxygen atoms in total. The van der Waals surface area contributed by atoms with E-state index in [1.807, 2.05) is 30.3 Å². The molecule has 0 saturated carbocycles. The lowest BCUT2D eigenvalue weighted by molar-refractivity contribution is -0.126. The van der Waals surface area contributed by atoms with Gasteiger partial charge in [-0.25, -0.2) is 12.7 Å². The smallest absolute Gasteiger partial charge is 0.308 e. The van der Waals surface area contributed by atoms with Crippen LogP contribution >= 0.6 is 7.60 Å². The average molecular weight is 406 g/mol. The van der Waals surface area contributed by atoms with E-state index < -0.39 is 23.5 Å². The van der Waals surface area contributed by atoms with Crippen LogP contribution in [0.5, 0.6) is 0 Å². The van der Waals surface area contributed by atoms with E-state index in [0.29, 0.717) is 10.8 Å². The van der Waals surface area contributed by atoms with E-state index in [1.165, 1.54) is 7.05 Å². The Morgan fingerprint density at radius 1 is 1.12 bits per heavy atom. The molecule has 0 saturated heterocycles. The van der Waals surface area contributed by atoms with Gasteiger partial charge in [0, 0.05) is 13.6 Å². The Bertz CT molecular complexity index is 716. The molecule has 1 amide bonds. The van der Waals surface area contributed by atoms with E-state index in [4.69, 9.17) is 9.05 Å². The van der Waals surface area contributed by atoms with Crippen molar-refractivity contribution in [2.45, 2.75) is 20.4 Å². The van der Waals surface area contributed by atoms with Crippen LogP contribution in [-0.4, -0.2) is 62.9 Å². The molecule has 0 N–H and O–H groups in total. The zero-order valence-electron chi connectivity index (χ0n) is 15.6. The number of nitrogens with zero attached hydrogens (tertiary/aromatic N) is 2. The summed E-state index contributed by atoms with van der Waals surface area (Å²) in [6.45, 7) is 3.88. The third kappa shape index (κ3) is 7.55. The first-order valence-electron chi connectivity index (χ1n) is 8.22. The summed E-state index contributed by atoms with van der Waals surface area (Å²) >= 11 is 0. The summed E-state index contributed by atoms with van der Waals surface area (Å²) < 4.78 is 47.3. The van der Waals surface area contributed by atoms with Gasteiger partial charge in [0.1, 0.15) is 6.29 Å². The maximum Gasteiger partial charge on any atom is 0.344 e. The van der Waals surface area contributed by atoms with Gasteiger partial charge in [-0.1, -0.05) is 30.3 Å². The van der Waals surface area contributed by atoms with Gasteiger partial charge in [0.2, 0.25) is 15.9 Å². The zero-order chi connectivity index (χ0) is 19.8. The number of carbonyl (C=O) groups excluding carboxylic acids is 1. The second-order valence-corrected chi connectivity index (χ2v) is 9.72. The second kappa shape index (κ2) is 10.2. The van der Waals surface area contributed by atoms with Crippen LogP contribution in [0.25, 0.3) is 0 Å². The summed E-state index contributed by atoms with van der Waals surface area (Å²) in [5, 5.41) is 0. The molecular weight excluding hydrogens is 379 g/mol. The normalized spacial score (nSPS) is 12.3. The van der Waals surface area contributed by atoms with Crippen molar-refractivity contribution < 1.29 is 26.8 Å². The Kier molecular flexibility index (Phi) is 8.92. The Labute approximate surface area is 155 Å². The topological polar surface area (TPSA) is 93.2 Å². The molecule has 0 bridgehead atoms. The van der Waals surface area contributed by atoms with E-state index in [-0.39, 0.29) is 26.0 Å². The molecule has 0 unspecified atom stereocenters. The van der Waals surface area contributed by atoms with Crippen LogP contribution in [0.1, 0.15) is 19.4 Å². The second-order valence-electron chi connectivity index (χ2n) is 5.68. The number of sulfonamides is 1. The molecule has 1 aromatic carbocycles. The van der Waals surface area contributed by atoms with Crippen LogP contribution in [0.15, 0.2) is 30.3 Å². The van der Waals surface area contributed by atoms with E-state index >= 15 is 0 Å². The average Bonchev–Trinajstić information content (AvgIpc) is 2.54. The molecule has 1 aromatic rings. The molecule has 0 heterocycles. The fourth-order valence-corrected chi connectivity index (χ4v) is 4.37. The summed E-state index contributed by atoms with van der Waals surface area (Å²) in [5.74, 6) is -0.622. The molecule has 0 aromatic heterocycles. The lowest BCUT2D eigenvalue weighted by atomic mass is 10.2. The third-order valence-corrected chi connectivity index (χ3v) is 6.73. The highest BCUT2D eigenvalue weighted by Crippen LogP contribution is 2.48. The molecular formula is C16H27N2O6PS. The van der Waals surface area contributed by atoms with Crippen molar-refractivity contribution >= 4 is 23.5 Å². The predicted molar refractivity (Wildman–Crippen MR) is 100 cm³/mol. The van der Waals surface area contributed by atoms with E-state index in [0.717, 1.165) is 11.8 Å². The Morgan fingerprint density at radius 2 is 1.65 bits per heavy atom. The fourth-order valence-electron chi connectivity index (χ4n) is 2.23. The summed E-state index contributed by atoms with van der Waals surface area (Å²) in [5.41, 5.74) is 0.891. The first-order valence-corrected chi connectivity index (χ1v) is 11.8. The molecule has 0 aliphatic carbocycles. The maximum absolute atomic E-state index is 12.8. The SMILES string of the molecule is CCOP(=O)(CN(CC(=O)N(C)S(C)(=O)=O)Cc1ccccc1)OCC. The van der Waals surface area contributed by atoms with Crippen molar-refractivity contribution in [3.8, 4) is 0 Å². The van der Waals surface area contributed by atoms with Crippen molar-refractivity contribution in [3.05, 3.63) is 35.9 Å². The highest BCUT2D eigenvalue weighted by Gasteiger charge is 2.30. The Morgan fingerprint density at radius 3 is 2.12 bits per heavy atom. The highest BCUT2D eigenvalue weighted by molar-refractivity contribution is 7.88. The van der Waals surface area contributed by atoms with Gasteiger partial charge in [0.05, 0.1) is 26.0 Å². The minimum absolute atomic E-state index is 0.118. The van der Waals surface area contributed by atoms with E-state index in [9.17, 15) is 17.8 Å². The van der Waals surface area contributed by atoms with Crippen LogP contribution < -0.4 is 0 Å². The number of carbonyl (C=O) groups is 1. The third-order valence-electron chi connectivity index (χ3n) is 3.48. The van der Waals surface area contributed by atoms with E-state index in [2.05, 4.69) is 0 Å². The van der Waals surface area contributed by atoms with Crippen molar-refractivity contribution in [3.63, 3.8) is 0 Å². The van der Waals surface area contributed by atoms with Gasteiger partial charge in [0.25, 0.3) is 0 Å². The summed E-state index contributed by atoms with van der Waals surface area (Å²) in [4.78, 5) is 13.9. The fraction of sp³-hybridized carbons (Fsp3) is 0.562. The molecule has 0 radical (unpaired) electrons. The highest BCUT2D eigenvalue weighted by atomic mass is 32.2. The van der Waals surface area contributed by atoms with Gasteiger partial charge >= 0.3 is 7.60 Å². The van der Waals surface area contributed by atoms with Gasteiger partial charge in [-0.15, -0.1) is 0 Å². The molecule has 1 rings (SSSR count). The van der Waals surface area contributed by atoms with Crippen molar-refractivity contribution in [1.82, 2.24) is 9.21 Å². The number of amides is 1. The molecule has 0 aliphatic rings. The summed E-state index contributed by atoms with van der Waals surface area (Å²) in [6.07, 6.45) is 0.838. The zero-order valence-corrected chi connectivity index (χ0v) is 17.3. The van der Waals surface area contributed by atoms with Crippen LogP contribution in [0.2, 0.25) is 0 Å². The number of hydrogen-bond donors (Lipinski definition) is 0. The quantitative estimate of drug-likeness (QED) is 0.520. The minimum atomic E-state index is -3.66. The van der Waals surface area contributed by atoms with Crippen molar-refractivity contribution in [1.29, 1.82) is 0 Å². The van der Waals surface area contributed by atoms with Crippen LogP contribution in [0.4, 0.5) is 0 Å². The molecule has 26 heavy (non-hydrogen) atoms. The van der Waals surface area contributed by atoms with E-state index in [1.54, 1.807) is 18.7 Å². The monoisotopic (exact) mass is 406 g/mol. The summed E-state index contributed by atoms with van der Waals surface area (Å²) in [6, 6.07) is 9.29. The molecule has 10 heteroatoms. The number of likely N-dealkylation sites (N-methyl/N-ethyl adjacent to an activating group) is 1. The molecule has 148 valence electrons. The number of benzene rings is 1. The maximum atomic E-state index is 12.8. The number of rotatable bonds is 11. The lowest BCUT2D eigenvalue weighted by Gasteiger charge is -2.27. The summed E-state index contributed by atoms with van der Waals surface area (Å²) in [7, 11) is -5.90. The molecule has 0 spiro atoms. The van der Waals surface area contributed by atoms with Gasteiger partial charge in [-0.3, -0.25) is 14.3 Å². The number of hydrogen-bond acceptors (Lipinski definition) is 7. The molecule has 0 atom stereocenters. The van der Waals surface area contributed by atoms with Gasteiger partial charge < -0.3 is 9.05 Å².